The van der Waals surface area contributed by atoms with Gasteiger partial charge in [-0.2, -0.15) is 0 Å². The van der Waals surface area contributed by atoms with Crippen molar-refractivity contribution in [2.45, 2.75) is 25.3 Å². The van der Waals surface area contributed by atoms with Crippen LogP contribution in [0.5, 0.6) is 0 Å². The number of carboxylic acid groups (broad SMARTS) is 1. The first-order valence-corrected chi connectivity index (χ1v) is 3.77. The first-order valence-electron chi connectivity index (χ1n) is 3.77. The normalized spacial score (nSPS) is 27.1. The lowest BCUT2D eigenvalue weighted by atomic mass is 9.99. The molecule has 0 fully saturated rings. The van der Waals surface area contributed by atoms with Crippen molar-refractivity contribution in [3.05, 3.63) is 12.2 Å². The third-order valence-electron chi connectivity index (χ3n) is 1.89. The van der Waals surface area contributed by atoms with Gasteiger partial charge in [0, 0.05) is 6.92 Å². The fourth-order valence-corrected chi connectivity index (χ4v) is 1.33. The van der Waals surface area contributed by atoms with Crippen LogP contribution in [0.25, 0.3) is 0 Å². The van der Waals surface area contributed by atoms with Crippen LogP contribution in [-0.4, -0.2) is 22.5 Å². The van der Waals surface area contributed by atoms with Crippen LogP contribution in [0.1, 0.15) is 19.8 Å². The molecule has 1 amide bonds. The highest BCUT2D eigenvalue weighted by molar-refractivity contribution is 5.88. The van der Waals surface area contributed by atoms with E-state index in [1.54, 1.807) is 6.08 Å². The molecule has 0 saturated carbocycles. The Hall–Kier alpha value is -1.32. The van der Waals surface area contributed by atoms with Crippen molar-refractivity contribution in [3.8, 4) is 0 Å². The molecule has 4 heteroatoms. The van der Waals surface area contributed by atoms with Gasteiger partial charge in [0.2, 0.25) is 5.91 Å². The van der Waals surface area contributed by atoms with Crippen LogP contribution in [0.15, 0.2) is 12.2 Å². The molecule has 0 aromatic heterocycles. The lowest BCUT2D eigenvalue weighted by Gasteiger charge is -2.22. The summed E-state index contributed by atoms with van der Waals surface area (Å²) in [5.74, 6) is -1.31. The van der Waals surface area contributed by atoms with Gasteiger partial charge in [-0.25, -0.2) is 4.79 Å². The highest BCUT2D eigenvalue weighted by Crippen LogP contribution is 2.22. The topological polar surface area (TPSA) is 66.4 Å². The SMILES string of the molecule is CC(=O)NC1(C(=O)O)C=CCC1. The summed E-state index contributed by atoms with van der Waals surface area (Å²) in [4.78, 5) is 21.5. The number of carbonyl (C=O) groups is 2. The van der Waals surface area contributed by atoms with Gasteiger partial charge >= 0.3 is 5.97 Å². The van der Waals surface area contributed by atoms with Crippen molar-refractivity contribution < 1.29 is 14.7 Å². The van der Waals surface area contributed by atoms with E-state index >= 15 is 0 Å². The molecule has 0 heterocycles. The van der Waals surface area contributed by atoms with Crippen molar-refractivity contribution in [2.24, 2.45) is 0 Å². The van der Waals surface area contributed by atoms with E-state index in [2.05, 4.69) is 5.32 Å². The van der Waals surface area contributed by atoms with E-state index in [1.165, 1.54) is 13.0 Å². The number of aliphatic carboxylic acids is 1. The quantitative estimate of drug-likeness (QED) is 0.584. The van der Waals surface area contributed by atoms with Crippen molar-refractivity contribution in [2.75, 3.05) is 0 Å². The van der Waals surface area contributed by atoms with Crippen LogP contribution in [-0.2, 0) is 9.59 Å². The molecule has 66 valence electrons. The molecule has 2 N–H and O–H groups in total. The zero-order chi connectivity index (χ0) is 9.19. The van der Waals surface area contributed by atoms with E-state index in [-0.39, 0.29) is 5.91 Å². The van der Waals surface area contributed by atoms with Gasteiger partial charge in [0.05, 0.1) is 0 Å². The lowest BCUT2D eigenvalue weighted by molar-refractivity contribution is -0.145. The van der Waals surface area contributed by atoms with Crippen LogP contribution in [0.2, 0.25) is 0 Å². The standard InChI is InChI=1S/C8H11NO3/c1-6(10)9-8(7(11)12)4-2-3-5-8/h2,4H,3,5H2,1H3,(H,9,10)(H,11,12). The summed E-state index contributed by atoms with van der Waals surface area (Å²) in [5, 5.41) is 11.3. The van der Waals surface area contributed by atoms with Gasteiger partial charge in [-0.05, 0) is 12.8 Å². The van der Waals surface area contributed by atoms with E-state index in [9.17, 15) is 9.59 Å². The van der Waals surface area contributed by atoms with E-state index in [4.69, 9.17) is 5.11 Å². The van der Waals surface area contributed by atoms with E-state index in [0.29, 0.717) is 12.8 Å². The Morgan fingerprint density at radius 2 is 2.25 bits per heavy atom. The van der Waals surface area contributed by atoms with Crippen LogP contribution in [0.4, 0.5) is 0 Å². The van der Waals surface area contributed by atoms with Gasteiger partial charge in [0.15, 0.2) is 5.54 Å². The molecule has 0 saturated heterocycles. The summed E-state index contributed by atoms with van der Waals surface area (Å²) in [5.41, 5.74) is -1.15. The number of nitrogens with one attached hydrogen (secondary N) is 1. The van der Waals surface area contributed by atoms with Gasteiger partial charge < -0.3 is 10.4 Å². The van der Waals surface area contributed by atoms with Gasteiger partial charge in [-0.15, -0.1) is 0 Å². The maximum atomic E-state index is 10.8. The predicted octanol–water partition coefficient (Wildman–Crippen LogP) is 0.296. The average Bonchev–Trinajstić information content (AvgIpc) is 2.35. The fraction of sp³-hybridized carbons (Fsp3) is 0.500. The summed E-state index contributed by atoms with van der Waals surface area (Å²) < 4.78 is 0. The van der Waals surface area contributed by atoms with Crippen molar-refractivity contribution in [1.29, 1.82) is 0 Å². The Morgan fingerprint density at radius 3 is 2.58 bits per heavy atom. The summed E-state index contributed by atoms with van der Waals surface area (Å²) in [7, 11) is 0. The summed E-state index contributed by atoms with van der Waals surface area (Å²) in [6.45, 7) is 1.32. The predicted molar refractivity (Wildman–Crippen MR) is 42.6 cm³/mol. The summed E-state index contributed by atoms with van der Waals surface area (Å²) >= 11 is 0. The lowest BCUT2D eigenvalue weighted by Crippen LogP contribution is -2.51. The maximum absolute atomic E-state index is 10.8. The van der Waals surface area contributed by atoms with E-state index in [1.807, 2.05) is 0 Å². The van der Waals surface area contributed by atoms with Crippen molar-refractivity contribution in [3.63, 3.8) is 0 Å². The highest BCUT2D eigenvalue weighted by Gasteiger charge is 2.38. The smallest absolute Gasteiger partial charge is 0.333 e. The molecule has 0 bridgehead atoms. The number of hydrogen-bond acceptors (Lipinski definition) is 2. The third-order valence-corrected chi connectivity index (χ3v) is 1.89. The minimum absolute atomic E-state index is 0.316. The first-order chi connectivity index (χ1) is 5.57. The maximum Gasteiger partial charge on any atom is 0.333 e. The molecular formula is C8H11NO3. The fourth-order valence-electron chi connectivity index (χ4n) is 1.33. The minimum atomic E-state index is -1.15. The van der Waals surface area contributed by atoms with Gasteiger partial charge in [-0.1, -0.05) is 12.2 Å². The third kappa shape index (κ3) is 1.47. The molecule has 1 aliphatic carbocycles. The number of amides is 1. The minimum Gasteiger partial charge on any atom is -0.479 e. The van der Waals surface area contributed by atoms with Crippen LogP contribution >= 0.6 is 0 Å². The molecule has 12 heavy (non-hydrogen) atoms. The Morgan fingerprint density at radius 1 is 1.58 bits per heavy atom. The number of allylic oxidation sites excluding steroid dienone is 1. The van der Waals surface area contributed by atoms with E-state index in [0.717, 1.165) is 0 Å². The second-order valence-electron chi connectivity index (χ2n) is 2.90. The van der Waals surface area contributed by atoms with Crippen molar-refractivity contribution in [1.82, 2.24) is 5.32 Å². The molecule has 1 aliphatic rings. The molecule has 1 atom stereocenters. The number of rotatable bonds is 2. The number of hydrogen-bond donors (Lipinski definition) is 2. The Kier molecular flexibility index (Phi) is 2.17. The number of carbonyl (C=O) groups excluding carboxylic acids is 1. The largest absolute Gasteiger partial charge is 0.479 e. The first kappa shape index (κ1) is 8.77. The van der Waals surface area contributed by atoms with Crippen molar-refractivity contribution >= 4 is 11.9 Å². The Bertz CT molecular complexity index is 247. The molecule has 0 spiro atoms. The van der Waals surface area contributed by atoms with Crippen LogP contribution in [0, 0.1) is 0 Å². The Labute approximate surface area is 70.3 Å². The monoisotopic (exact) mass is 169 g/mol. The van der Waals surface area contributed by atoms with Crippen LogP contribution in [0.3, 0.4) is 0 Å². The van der Waals surface area contributed by atoms with Crippen LogP contribution < -0.4 is 5.32 Å². The van der Waals surface area contributed by atoms with Gasteiger partial charge in [0.1, 0.15) is 0 Å². The molecule has 0 aromatic carbocycles. The number of carboxylic acids is 1. The summed E-state index contributed by atoms with van der Waals surface area (Å²) in [6, 6.07) is 0. The van der Waals surface area contributed by atoms with E-state index < -0.39 is 11.5 Å². The summed E-state index contributed by atoms with van der Waals surface area (Å²) in [6.07, 6.45) is 4.45. The highest BCUT2D eigenvalue weighted by atomic mass is 16.4. The zero-order valence-corrected chi connectivity index (χ0v) is 6.83. The second kappa shape index (κ2) is 2.97. The second-order valence-corrected chi connectivity index (χ2v) is 2.90. The molecular weight excluding hydrogens is 158 g/mol. The van der Waals surface area contributed by atoms with Gasteiger partial charge in [-0.3, -0.25) is 4.79 Å². The molecule has 4 nitrogen and oxygen atoms in total. The molecule has 0 aromatic rings. The molecule has 1 rings (SSSR count). The molecule has 0 radical (unpaired) electrons. The molecule has 1 unspecified atom stereocenters. The molecule has 0 aliphatic heterocycles. The zero-order valence-electron chi connectivity index (χ0n) is 6.83. The average molecular weight is 169 g/mol. The Balaban J connectivity index is 2.80. The van der Waals surface area contributed by atoms with Gasteiger partial charge in [0.25, 0.3) is 0 Å².